The Balaban J connectivity index is 2.04. The van der Waals surface area contributed by atoms with Crippen LogP contribution in [0.4, 0.5) is 0 Å². The highest BCUT2D eigenvalue weighted by molar-refractivity contribution is 5.76. The third-order valence-corrected chi connectivity index (χ3v) is 4.66. The standard InChI is InChI=1S/C17H26O2/c1-17(16(18)19-2)12-7-10-15(11-13-17)14-8-5-3-4-6-9-14/h8,10H,3-7,9,11-13H2,1-2H3. The van der Waals surface area contributed by atoms with Crippen LogP contribution in [0.3, 0.4) is 0 Å². The molecule has 0 aliphatic heterocycles. The van der Waals surface area contributed by atoms with Crippen LogP contribution in [0.2, 0.25) is 0 Å². The van der Waals surface area contributed by atoms with Crippen LogP contribution in [0, 0.1) is 5.41 Å². The summed E-state index contributed by atoms with van der Waals surface area (Å²) >= 11 is 0. The first-order valence-corrected chi connectivity index (χ1v) is 7.62. The molecule has 0 spiro atoms. The van der Waals surface area contributed by atoms with Crippen molar-refractivity contribution in [1.82, 2.24) is 0 Å². The fraction of sp³-hybridized carbons (Fsp3) is 0.706. The molecular weight excluding hydrogens is 236 g/mol. The van der Waals surface area contributed by atoms with E-state index in [1.807, 2.05) is 0 Å². The number of carbonyl (C=O) groups excluding carboxylic acids is 1. The van der Waals surface area contributed by atoms with Crippen molar-refractivity contribution in [2.24, 2.45) is 5.41 Å². The Morgan fingerprint density at radius 2 is 1.79 bits per heavy atom. The van der Waals surface area contributed by atoms with Crippen molar-refractivity contribution in [2.45, 2.75) is 64.7 Å². The van der Waals surface area contributed by atoms with Crippen LogP contribution >= 0.6 is 0 Å². The number of allylic oxidation sites excluding steroid dienone is 4. The molecule has 0 heterocycles. The summed E-state index contributed by atoms with van der Waals surface area (Å²) in [5.74, 6) is -0.0444. The lowest BCUT2D eigenvalue weighted by molar-refractivity contribution is -0.152. The maximum Gasteiger partial charge on any atom is 0.311 e. The molecule has 0 saturated carbocycles. The first-order valence-electron chi connectivity index (χ1n) is 7.62. The van der Waals surface area contributed by atoms with Crippen LogP contribution in [-0.4, -0.2) is 13.1 Å². The molecule has 0 aromatic heterocycles. The molecule has 2 rings (SSSR count). The first kappa shape index (κ1) is 14.4. The van der Waals surface area contributed by atoms with Gasteiger partial charge < -0.3 is 4.74 Å². The van der Waals surface area contributed by atoms with Crippen molar-refractivity contribution in [2.75, 3.05) is 7.11 Å². The Hall–Kier alpha value is -1.05. The van der Waals surface area contributed by atoms with Gasteiger partial charge in [-0.15, -0.1) is 0 Å². The second kappa shape index (κ2) is 6.40. The molecule has 0 fully saturated rings. The molecule has 2 heteroatoms. The highest BCUT2D eigenvalue weighted by Crippen LogP contribution is 2.38. The van der Waals surface area contributed by atoms with E-state index in [4.69, 9.17) is 4.74 Å². The van der Waals surface area contributed by atoms with Crippen molar-refractivity contribution in [3.63, 3.8) is 0 Å². The number of rotatable bonds is 2. The largest absolute Gasteiger partial charge is 0.469 e. The third-order valence-electron chi connectivity index (χ3n) is 4.66. The van der Waals surface area contributed by atoms with Gasteiger partial charge >= 0.3 is 5.97 Å². The predicted molar refractivity (Wildman–Crippen MR) is 77.8 cm³/mol. The van der Waals surface area contributed by atoms with E-state index in [2.05, 4.69) is 19.1 Å². The summed E-state index contributed by atoms with van der Waals surface area (Å²) in [5, 5.41) is 0. The Bertz CT molecular complexity index is 392. The molecule has 0 aromatic carbocycles. The van der Waals surface area contributed by atoms with Gasteiger partial charge in [-0.3, -0.25) is 4.79 Å². The van der Waals surface area contributed by atoms with E-state index in [1.54, 1.807) is 5.57 Å². The van der Waals surface area contributed by atoms with Gasteiger partial charge in [0.15, 0.2) is 0 Å². The second-order valence-corrected chi connectivity index (χ2v) is 6.15. The van der Waals surface area contributed by atoms with Crippen molar-refractivity contribution >= 4 is 5.97 Å². The average Bonchev–Trinajstić information content (AvgIpc) is 2.79. The van der Waals surface area contributed by atoms with Gasteiger partial charge in [-0.2, -0.15) is 0 Å². The molecule has 2 nitrogen and oxygen atoms in total. The summed E-state index contributed by atoms with van der Waals surface area (Å²) in [6, 6.07) is 0. The number of hydrogen-bond donors (Lipinski definition) is 0. The van der Waals surface area contributed by atoms with Crippen LogP contribution in [0.15, 0.2) is 23.3 Å². The lowest BCUT2D eigenvalue weighted by atomic mass is 9.81. The van der Waals surface area contributed by atoms with Gasteiger partial charge in [-0.25, -0.2) is 0 Å². The zero-order valence-electron chi connectivity index (χ0n) is 12.3. The summed E-state index contributed by atoms with van der Waals surface area (Å²) in [6.07, 6.45) is 15.1. The highest BCUT2D eigenvalue weighted by atomic mass is 16.5. The van der Waals surface area contributed by atoms with Crippen molar-refractivity contribution < 1.29 is 9.53 Å². The molecule has 0 radical (unpaired) electrons. The van der Waals surface area contributed by atoms with Crippen molar-refractivity contribution in [3.8, 4) is 0 Å². The van der Waals surface area contributed by atoms with Crippen molar-refractivity contribution in [1.29, 1.82) is 0 Å². The quantitative estimate of drug-likeness (QED) is 0.682. The van der Waals surface area contributed by atoms with Crippen LogP contribution < -0.4 is 0 Å². The topological polar surface area (TPSA) is 26.3 Å². The van der Waals surface area contributed by atoms with Gasteiger partial charge in [0.2, 0.25) is 0 Å². The lowest BCUT2D eigenvalue weighted by Gasteiger charge is -2.24. The summed E-state index contributed by atoms with van der Waals surface area (Å²) in [5.41, 5.74) is 2.75. The molecule has 2 aliphatic rings. The van der Waals surface area contributed by atoms with E-state index in [0.29, 0.717) is 0 Å². The fourth-order valence-corrected chi connectivity index (χ4v) is 3.25. The monoisotopic (exact) mass is 262 g/mol. The zero-order valence-corrected chi connectivity index (χ0v) is 12.3. The number of ether oxygens (including phenoxy) is 1. The first-order chi connectivity index (χ1) is 9.15. The molecule has 19 heavy (non-hydrogen) atoms. The number of esters is 1. The van der Waals surface area contributed by atoms with Gasteiger partial charge in [0.25, 0.3) is 0 Å². The lowest BCUT2D eigenvalue weighted by Crippen LogP contribution is -2.28. The predicted octanol–water partition coefficient (Wildman–Crippen LogP) is 4.56. The Labute approximate surface area is 116 Å². The fourth-order valence-electron chi connectivity index (χ4n) is 3.25. The number of hydrogen-bond acceptors (Lipinski definition) is 2. The van der Waals surface area contributed by atoms with E-state index in [-0.39, 0.29) is 11.4 Å². The Morgan fingerprint density at radius 3 is 2.58 bits per heavy atom. The summed E-state index contributed by atoms with van der Waals surface area (Å²) in [4.78, 5) is 11.9. The van der Waals surface area contributed by atoms with Crippen LogP contribution in [0.1, 0.15) is 64.7 Å². The number of methoxy groups -OCH3 is 1. The van der Waals surface area contributed by atoms with E-state index in [1.165, 1.54) is 44.8 Å². The Kier molecular flexibility index (Phi) is 4.84. The Morgan fingerprint density at radius 1 is 1.05 bits per heavy atom. The van der Waals surface area contributed by atoms with Gasteiger partial charge in [-0.1, -0.05) is 18.6 Å². The molecule has 0 amide bonds. The van der Waals surface area contributed by atoms with E-state index >= 15 is 0 Å². The summed E-state index contributed by atoms with van der Waals surface area (Å²) in [6.45, 7) is 2.05. The van der Waals surface area contributed by atoms with E-state index in [0.717, 1.165) is 25.7 Å². The van der Waals surface area contributed by atoms with E-state index < -0.39 is 0 Å². The minimum atomic E-state index is -0.293. The third kappa shape index (κ3) is 3.49. The van der Waals surface area contributed by atoms with Crippen LogP contribution in [0.5, 0.6) is 0 Å². The van der Waals surface area contributed by atoms with Crippen LogP contribution in [0.25, 0.3) is 0 Å². The maximum atomic E-state index is 11.9. The molecule has 0 aromatic rings. The molecule has 0 bridgehead atoms. The molecular formula is C17H26O2. The molecule has 2 aliphatic carbocycles. The van der Waals surface area contributed by atoms with Gasteiger partial charge in [0, 0.05) is 0 Å². The van der Waals surface area contributed by atoms with Crippen LogP contribution in [-0.2, 0) is 9.53 Å². The van der Waals surface area contributed by atoms with Gasteiger partial charge in [-0.05, 0) is 69.4 Å². The smallest absolute Gasteiger partial charge is 0.311 e. The highest BCUT2D eigenvalue weighted by Gasteiger charge is 2.35. The summed E-state index contributed by atoms with van der Waals surface area (Å²) < 4.78 is 4.97. The minimum Gasteiger partial charge on any atom is -0.469 e. The molecule has 1 atom stereocenters. The SMILES string of the molecule is COC(=O)C1(C)CCC=C(C2=CCCCCC2)CC1. The van der Waals surface area contributed by atoms with Gasteiger partial charge in [0.1, 0.15) is 0 Å². The van der Waals surface area contributed by atoms with E-state index in [9.17, 15) is 4.79 Å². The van der Waals surface area contributed by atoms with Crippen molar-refractivity contribution in [3.05, 3.63) is 23.3 Å². The molecule has 0 N–H and O–H groups in total. The minimum absolute atomic E-state index is 0.0444. The number of carbonyl (C=O) groups is 1. The normalized spacial score (nSPS) is 28.7. The second-order valence-electron chi connectivity index (χ2n) is 6.15. The average molecular weight is 262 g/mol. The van der Waals surface area contributed by atoms with Gasteiger partial charge in [0.05, 0.1) is 12.5 Å². The zero-order chi connectivity index (χ0) is 13.7. The molecule has 1 unspecified atom stereocenters. The molecule has 0 saturated heterocycles. The summed E-state index contributed by atoms with van der Waals surface area (Å²) in [7, 11) is 1.50. The maximum absolute atomic E-state index is 11.9. The molecule has 106 valence electrons.